The van der Waals surface area contributed by atoms with Crippen molar-refractivity contribution in [3.05, 3.63) is 0 Å². The third kappa shape index (κ3) is 5.48. The first-order chi connectivity index (χ1) is 4.45. The first kappa shape index (κ1) is 9.34. The van der Waals surface area contributed by atoms with Gasteiger partial charge in [0.15, 0.2) is 5.75 Å². The summed E-state index contributed by atoms with van der Waals surface area (Å²) in [5.74, 6) is -1.96. The van der Waals surface area contributed by atoms with Crippen molar-refractivity contribution in [3.8, 4) is 0 Å². The van der Waals surface area contributed by atoms with Crippen molar-refractivity contribution in [1.82, 2.24) is 5.32 Å². The van der Waals surface area contributed by atoms with E-state index in [1.165, 1.54) is 0 Å². The van der Waals surface area contributed by atoms with Crippen LogP contribution in [0.25, 0.3) is 0 Å². The maximum absolute atomic E-state index is 10.2. The van der Waals surface area contributed by atoms with Crippen LogP contribution in [0.4, 0.5) is 0 Å². The minimum Gasteiger partial charge on any atom is -0.377 e. The number of rotatable bonds is 3. The van der Waals surface area contributed by atoms with Crippen LogP contribution in [0.1, 0.15) is 0 Å². The zero-order chi connectivity index (χ0) is 8.20. The molecule has 0 atom stereocenters. The normalized spacial score (nSPS) is 11.0. The van der Waals surface area contributed by atoms with E-state index in [2.05, 4.69) is 0 Å². The summed E-state index contributed by atoms with van der Waals surface area (Å²) in [6.07, 6.45) is 0. The minimum atomic E-state index is -4.27. The van der Waals surface area contributed by atoms with Crippen LogP contribution in [-0.4, -0.2) is 36.5 Å². The zero-order valence-corrected chi connectivity index (χ0v) is 5.76. The molecule has 0 aliphatic rings. The standard InChI is InChI=1S/C3H7NO5S/c5-2-4-3(6)1-10(7,8)9/h5H,1-2H2,(H,4,6)(H,7,8,9). The van der Waals surface area contributed by atoms with E-state index in [1.807, 2.05) is 0 Å². The van der Waals surface area contributed by atoms with Gasteiger partial charge in [-0.15, -0.1) is 0 Å². The molecule has 7 heteroatoms. The molecule has 0 saturated heterocycles. The molecule has 0 aromatic heterocycles. The van der Waals surface area contributed by atoms with Crippen LogP contribution in [0.5, 0.6) is 0 Å². The first-order valence-corrected chi connectivity index (χ1v) is 3.89. The Morgan fingerprint density at radius 3 is 2.30 bits per heavy atom. The molecule has 0 heterocycles. The molecule has 0 rings (SSSR count). The molecular formula is C3H7NO5S. The number of aliphatic hydroxyl groups is 1. The summed E-state index contributed by atoms with van der Waals surface area (Å²) in [4.78, 5) is 10.2. The second kappa shape index (κ2) is 3.49. The van der Waals surface area contributed by atoms with Crippen molar-refractivity contribution in [2.24, 2.45) is 0 Å². The summed E-state index contributed by atoms with van der Waals surface area (Å²) < 4.78 is 27.9. The fraction of sp³-hybridized carbons (Fsp3) is 0.667. The van der Waals surface area contributed by atoms with Gasteiger partial charge < -0.3 is 10.4 Å². The molecule has 1 amide bonds. The third-order valence-electron chi connectivity index (χ3n) is 0.590. The maximum Gasteiger partial charge on any atom is 0.274 e. The molecule has 0 spiro atoms. The highest BCUT2D eigenvalue weighted by atomic mass is 32.2. The summed E-state index contributed by atoms with van der Waals surface area (Å²) in [6.45, 7) is -0.644. The van der Waals surface area contributed by atoms with Gasteiger partial charge in [0.25, 0.3) is 10.1 Å². The Morgan fingerprint density at radius 1 is 1.50 bits per heavy atom. The molecule has 0 aliphatic carbocycles. The fourth-order valence-corrected chi connectivity index (χ4v) is 0.738. The number of carbonyl (C=O) groups excluding carboxylic acids is 1. The van der Waals surface area contributed by atoms with Crippen molar-refractivity contribution in [1.29, 1.82) is 0 Å². The molecule has 10 heavy (non-hydrogen) atoms. The molecular weight excluding hydrogens is 162 g/mol. The summed E-state index contributed by atoms with van der Waals surface area (Å²) in [6, 6.07) is 0. The number of carbonyl (C=O) groups is 1. The smallest absolute Gasteiger partial charge is 0.274 e. The monoisotopic (exact) mass is 169 g/mol. The summed E-state index contributed by atoms with van der Waals surface area (Å²) in [5, 5.41) is 9.80. The van der Waals surface area contributed by atoms with Gasteiger partial charge >= 0.3 is 0 Å². The molecule has 0 unspecified atom stereocenters. The molecule has 0 aromatic rings. The van der Waals surface area contributed by atoms with E-state index in [-0.39, 0.29) is 0 Å². The number of hydrogen-bond donors (Lipinski definition) is 3. The van der Waals surface area contributed by atoms with Gasteiger partial charge in [0.05, 0.1) is 0 Å². The zero-order valence-electron chi connectivity index (χ0n) is 4.94. The molecule has 0 aliphatic heterocycles. The predicted molar refractivity (Wildman–Crippen MR) is 31.6 cm³/mol. The van der Waals surface area contributed by atoms with E-state index in [0.29, 0.717) is 0 Å². The quantitative estimate of drug-likeness (QED) is 0.333. The summed E-state index contributed by atoms with van der Waals surface area (Å²) >= 11 is 0. The Kier molecular flexibility index (Phi) is 3.26. The lowest BCUT2D eigenvalue weighted by Gasteiger charge is -1.96. The van der Waals surface area contributed by atoms with Gasteiger partial charge in [0.1, 0.15) is 6.73 Å². The van der Waals surface area contributed by atoms with Crippen LogP contribution in [0.3, 0.4) is 0 Å². The molecule has 0 saturated carbocycles. The largest absolute Gasteiger partial charge is 0.377 e. The minimum absolute atomic E-state index is 0.644. The third-order valence-corrected chi connectivity index (χ3v) is 1.22. The van der Waals surface area contributed by atoms with Crippen LogP contribution in [-0.2, 0) is 14.9 Å². The first-order valence-electron chi connectivity index (χ1n) is 2.28. The van der Waals surface area contributed by atoms with Crippen molar-refractivity contribution >= 4 is 16.0 Å². The van der Waals surface area contributed by atoms with E-state index < -0.39 is 28.5 Å². The Balaban J connectivity index is 3.82. The van der Waals surface area contributed by atoms with Crippen molar-refractivity contribution in [3.63, 3.8) is 0 Å². The van der Waals surface area contributed by atoms with Gasteiger partial charge in [0.2, 0.25) is 5.91 Å². The van der Waals surface area contributed by atoms with Crippen molar-refractivity contribution in [2.45, 2.75) is 0 Å². The van der Waals surface area contributed by atoms with Gasteiger partial charge in [-0.3, -0.25) is 9.35 Å². The average Bonchev–Trinajstić information content (AvgIpc) is 1.59. The Bertz CT molecular complexity index is 207. The molecule has 6 nitrogen and oxygen atoms in total. The molecule has 60 valence electrons. The molecule has 0 bridgehead atoms. The van der Waals surface area contributed by atoms with Crippen LogP contribution < -0.4 is 5.32 Å². The topological polar surface area (TPSA) is 104 Å². The van der Waals surface area contributed by atoms with E-state index >= 15 is 0 Å². The highest BCUT2D eigenvalue weighted by molar-refractivity contribution is 7.86. The van der Waals surface area contributed by atoms with E-state index in [1.54, 1.807) is 5.32 Å². The van der Waals surface area contributed by atoms with Crippen LogP contribution in [0, 0.1) is 0 Å². The molecule has 0 fully saturated rings. The highest BCUT2D eigenvalue weighted by Gasteiger charge is 2.10. The number of amides is 1. The van der Waals surface area contributed by atoms with Gasteiger partial charge in [-0.2, -0.15) is 8.42 Å². The molecule has 3 N–H and O–H groups in total. The maximum atomic E-state index is 10.2. The van der Waals surface area contributed by atoms with Crippen LogP contribution in [0.15, 0.2) is 0 Å². The summed E-state index contributed by atoms with van der Waals surface area (Å²) in [5.41, 5.74) is 0. The van der Waals surface area contributed by atoms with Crippen molar-refractivity contribution < 1.29 is 22.9 Å². The lowest BCUT2D eigenvalue weighted by molar-refractivity contribution is -0.119. The fourth-order valence-electron chi connectivity index (χ4n) is 0.305. The van der Waals surface area contributed by atoms with E-state index in [0.717, 1.165) is 0 Å². The lowest BCUT2D eigenvalue weighted by Crippen LogP contribution is -2.30. The van der Waals surface area contributed by atoms with Gasteiger partial charge in [-0.1, -0.05) is 0 Å². The highest BCUT2D eigenvalue weighted by Crippen LogP contribution is 1.79. The summed E-state index contributed by atoms with van der Waals surface area (Å²) in [7, 11) is -4.27. The molecule has 0 radical (unpaired) electrons. The van der Waals surface area contributed by atoms with Crippen LogP contribution in [0.2, 0.25) is 0 Å². The second-order valence-electron chi connectivity index (χ2n) is 1.48. The van der Waals surface area contributed by atoms with E-state index in [9.17, 15) is 13.2 Å². The lowest BCUT2D eigenvalue weighted by atomic mass is 10.7. The Morgan fingerprint density at radius 2 is 2.00 bits per heavy atom. The Hall–Kier alpha value is -0.660. The van der Waals surface area contributed by atoms with Gasteiger partial charge in [0, 0.05) is 0 Å². The Labute approximate surface area is 57.6 Å². The molecule has 0 aromatic carbocycles. The van der Waals surface area contributed by atoms with Gasteiger partial charge in [-0.05, 0) is 0 Å². The SMILES string of the molecule is O=C(CS(=O)(=O)O)NCO. The van der Waals surface area contributed by atoms with E-state index in [4.69, 9.17) is 9.66 Å². The number of nitrogens with one attached hydrogen (secondary N) is 1. The number of aliphatic hydroxyl groups excluding tert-OH is 1. The second-order valence-corrected chi connectivity index (χ2v) is 2.94. The average molecular weight is 169 g/mol. The predicted octanol–water partition coefficient (Wildman–Crippen LogP) is -2.06. The van der Waals surface area contributed by atoms with Gasteiger partial charge in [-0.25, -0.2) is 0 Å². The van der Waals surface area contributed by atoms with Crippen molar-refractivity contribution in [2.75, 3.05) is 12.5 Å². The number of hydrogen-bond acceptors (Lipinski definition) is 4. The van der Waals surface area contributed by atoms with Crippen LogP contribution >= 0.6 is 0 Å².